The van der Waals surface area contributed by atoms with Gasteiger partial charge in [0.05, 0.1) is 11.1 Å². The Morgan fingerprint density at radius 1 is 0.885 bits per heavy atom. The molecule has 0 spiro atoms. The Bertz CT molecular complexity index is 776. The number of amides is 2. The van der Waals surface area contributed by atoms with Crippen LogP contribution in [0.3, 0.4) is 0 Å². The molecule has 1 aliphatic heterocycles. The highest BCUT2D eigenvalue weighted by molar-refractivity contribution is 6.33. The molecule has 0 radical (unpaired) electrons. The fourth-order valence-corrected chi connectivity index (χ4v) is 3.49. The summed E-state index contributed by atoms with van der Waals surface area (Å²) in [5.74, 6) is -0.372. The summed E-state index contributed by atoms with van der Waals surface area (Å²) >= 11 is 12.1. The minimum absolute atomic E-state index is 0.172. The lowest BCUT2D eigenvalue weighted by Gasteiger charge is -2.44. The number of aromatic nitrogens is 2. The van der Waals surface area contributed by atoms with Gasteiger partial charge in [0, 0.05) is 37.6 Å². The van der Waals surface area contributed by atoms with Crippen molar-refractivity contribution in [1.29, 1.82) is 0 Å². The fourth-order valence-electron chi connectivity index (χ4n) is 3.09. The zero-order chi connectivity index (χ0) is 18.8. The lowest BCUT2D eigenvalue weighted by molar-refractivity contribution is 0.0269. The Balaban J connectivity index is 1.79. The van der Waals surface area contributed by atoms with Gasteiger partial charge >= 0.3 is 0 Å². The molecule has 6 nitrogen and oxygen atoms in total. The van der Waals surface area contributed by atoms with Crippen molar-refractivity contribution < 1.29 is 9.59 Å². The lowest BCUT2D eigenvalue weighted by atomic mass is 10.1. The molecule has 2 unspecified atom stereocenters. The molecule has 1 saturated heterocycles. The summed E-state index contributed by atoms with van der Waals surface area (Å²) in [6.45, 7) is 4.60. The first-order valence-corrected chi connectivity index (χ1v) is 8.98. The molecule has 0 aliphatic carbocycles. The first-order chi connectivity index (χ1) is 12.4. The first-order valence-electron chi connectivity index (χ1n) is 8.23. The second-order valence-electron chi connectivity index (χ2n) is 6.30. The number of nitrogens with zero attached hydrogens (tertiary/aromatic N) is 4. The maximum absolute atomic E-state index is 12.8. The monoisotopic (exact) mass is 392 g/mol. The van der Waals surface area contributed by atoms with Crippen molar-refractivity contribution in [3.05, 3.63) is 58.1 Å². The molecule has 0 saturated carbocycles. The molecule has 136 valence electrons. The van der Waals surface area contributed by atoms with E-state index in [2.05, 4.69) is 9.97 Å². The van der Waals surface area contributed by atoms with E-state index in [0.29, 0.717) is 24.2 Å². The van der Waals surface area contributed by atoms with Crippen LogP contribution in [0.4, 0.5) is 0 Å². The Morgan fingerprint density at radius 3 is 1.62 bits per heavy atom. The van der Waals surface area contributed by atoms with Crippen LogP contribution in [0.15, 0.2) is 36.7 Å². The minimum Gasteiger partial charge on any atom is -0.332 e. The smallest absolute Gasteiger partial charge is 0.257 e. The Labute approximate surface area is 161 Å². The molecule has 1 fully saturated rings. The second kappa shape index (κ2) is 7.60. The minimum atomic E-state index is -0.186. The maximum atomic E-state index is 12.8. The average Bonchev–Trinajstić information content (AvgIpc) is 2.63. The normalized spacial score (nSPS) is 20.2. The SMILES string of the molecule is CC1CN(C(=O)c2cccnc2Cl)C(C)CN1C(=O)c1cccnc1Cl. The van der Waals surface area contributed by atoms with Crippen LogP contribution in [0.1, 0.15) is 34.6 Å². The van der Waals surface area contributed by atoms with Gasteiger partial charge in [0.25, 0.3) is 11.8 Å². The number of hydrogen-bond acceptors (Lipinski definition) is 4. The summed E-state index contributed by atoms with van der Waals surface area (Å²) < 4.78 is 0. The number of halogens is 2. The average molecular weight is 393 g/mol. The van der Waals surface area contributed by atoms with Crippen LogP contribution >= 0.6 is 23.2 Å². The zero-order valence-corrected chi connectivity index (χ0v) is 15.9. The zero-order valence-electron chi connectivity index (χ0n) is 14.4. The largest absolute Gasteiger partial charge is 0.332 e. The molecule has 0 aromatic carbocycles. The molecule has 0 bridgehead atoms. The highest BCUT2D eigenvalue weighted by Gasteiger charge is 2.36. The molecule has 2 atom stereocenters. The van der Waals surface area contributed by atoms with Crippen molar-refractivity contribution in [2.24, 2.45) is 0 Å². The van der Waals surface area contributed by atoms with Gasteiger partial charge in [0.1, 0.15) is 10.3 Å². The van der Waals surface area contributed by atoms with Gasteiger partial charge in [-0.15, -0.1) is 0 Å². The van der Waals surface area contributed by atoms with Gasteiger partial charge < -0.3 is 9.80 Å². The van der Waals surface area contributed by atoms with Crippen LogP contribution in [-0.2, 0) is 0 Å². The third kappa shape index (κ3) is 3.52. The van der Waals surface area contributed by atoms with E-state index >= 15 is 0 Å². The van der Waals surface area contributed by atoms with Gasteiger partial charge in [-0.1, -0.05) is 23.2 Å². The van der Waals surface area contributed by atoms with Crippen LogP contribution < -0.4 is 0 Å². The van der Waals surface area contributed by atoms with Gasteiger partial charge in [0.2, 0.25) is 0 Å². The Kier molecular flexibility index (Phi) is 5.44. The lowest BCUT2D eigenvalue weighted by Crippen LogP contribution is -2.59. The van der Waals surface area contributed by atoms with Crippen molar-refractivity contribution in [2.45, 2.75) is 25.9 Å². The van der Waals surface area contributed by atoms with E-state index < -0.39 is 0 Å². The molecule has 2 aromatic rings. The number of carbonyl (C=O) groups excluding carboxylic acids is 2. The van der Waals surface area contributed by atoms with Gasteiger partial charge in [0.15, 0.2) is 0 Å². The second-order valence-corrected chi connectivity index (χ2v) is 7.01. The predicted octanol–water partition coefficient (Wildman–Crippen LogP) is 3.16. The van der Waals surface area contributed by atoms with E-state index in [0.717, 1.165) is 0 Å². The molecule has 3 rings (SSSR count). The Morgan fingerprint density at radius 2 is 1.27 bits per heavy atom. The van der Waals surface area contributed by atoms with Gasteiger partial charge in [-0.3, -0.25) is 9.59 Å². The van der Waals surface area contributed by atoms with Crippen LogP contribution in [0.5, 0.6) is 0 Å². The van der Waals surface area contributed by atoms with Crippen molar-refractivity contribution in [1.82, 2.24) is 19.8 Å². The molecule has 3 heterocycles. The molecule has 26 heavy (non-hydrogen) atoms. The molecule has 2 amide bonds. The molecule has 1 aliphatic rings. The van der Waals surface area contributed by atoms with Crippen molar-refractivity contribution in [2.75, 3.05) is 13.1 Å². The molecule has 2 aromatic heterocycles. The van der Waals surface area contributed by atoms with Crippen molar-refractivity contribution in [3.8, 4) is 0 Å². The summed E-state index contributed by atoms with van der Waals surface area (Å²) in [5, 5.41) is 0.357. The summed E-state index contributed by atoms with van der Waals surface area (Å²) in [6, 6.07) is 6.32. The van der Waals surface area contributed by atoms with Crippen LogP contribution in [-0.4, -0.2) is 56.8 Å². The maximum Gasteiger partial charge on any atom is 0.257 e. The predicted molar refractivity (Wildman–Crippen MR) is 99.5 cm³/mol. The quantitative estimate of drug-likeness (QED) is 0.736. The van der Waals surface area contributed by atoms with E-state index in [4.69, 9.17) is 23.2 Å². The topological polar surface area (TPSA) is 66.4 Å². The van der Waals surface area contributed by atoms with E-state index in [1.165, 1.54) is 0 Å². The fraction of sp³-hybridized carbons (Fsp3) is 0.333. The summed E-state index contributed by atoms with van der Waals surface area (Å²) in [5.41, 5.74) is 0.728. The molecule has 0 N–H and O–H groups in total. The van der Waals surface area contributed by atoms with E-state index in [1.807, 2.05) is 13.8 Å². The third-order valence-electron chi connectivity index (χ3n) is 4.49. The van der Waals surface area contributed by atoms with E-state index in [9.17, 15) is 9.59 Å². The molecular formula is C18H18Cl2N4O2. The summed E-state index contributed by atoms with van der Waals surface area (Å²) in [4.78, 5) is 37.1. The van der Waals surface area contributed by atoms with E-state index in [1.54, 1.807) is 46.5 Å². The number of piperazine rings is 1. The number of carbonyl (C=O) groups is 2. The number of pyridine rings is 2. The van der Waals surface area contributed by atoms with Gasteiger partial charge in [-0.2, -0.15) is 0 Å². The van der Waals surface area contributed by atoms with Crippen molar-refractivity contribution in [3.63, 3.8) is 0 Å². The highest BCUT2D eigenvalue weighted by Crippen LogP contribution is 2.24. The standard InChI is InChI=1S/C18H18Cl2N4O2/c1-11-9-24(18(26)14-6-4-8-22-16(14)20)12(2)10-23(11)17(25)13-5-3-7-21-15(13)19/h3-8,11-12H,9-10H2,1-2H3. The highest BCUT2D eigenvalue weighted by atomic mass is 35.5. The third-order valence-corrected chi connectivity index (χ3v) is 5.09. The van der Waals surface area contributed by atoms with Crippen LogP contribution in [0, 0.1) is 0 Å². The van der Waals surface area contributed by atoms with Crippen LogP contribution in [0.25, 0.3) is 0 Å². The number of rotatable bonds is 2. The first kappa shape index (κ1) is 18.6. The number of hydrogen-bond donors (Lipinski definition) is 0. The van der Waals surface area contributed by atoms with E-state index in [-0.39, 0.29) is 34.2 Å². The van der Waals surface area contributed by atoms with Gasteiger partial charge in [-0.25, -0.2) is 9.97 Å². The summed E-state index contributed by atoms with van der Waals surface area (Å²) in [6.07, 6.45) is 3.08. The summed E-state index contributed by atoms with van der Waals surface area (Å²) in [7, 11) is 0. The van der Waals surface area contributed by atoms with Gasteiger partial charge in [-0.05, 0) is 38.1 Å². The molecule has 8 heteroatoms. The van der Waals surface area contributed by atoms with Crippen LogP contribution in [0.2, 0.25) is 10.3 Å². The molecular weight excluding hydrogens is 375 g/mol. The Hall–Kier alpha value is -2.18. The van der Waals surface area contributed by atoms with Crippen molar-refractivity contribution >= 4 is 35.0 Å².